The fraction of sp³-hybridized carbons (Fsp3) is 0.111. The summed E-state index contributed by atoms with van der Waals surface area (Å²) in [6.07, 6.45) is 4.54. The highest BCUT2D eigenvalue weighted by atomic mass is 35.5. The molecular formula is C18H16ClF2N7O2. The van der Waals surface area contributed by atoms with Crippen molar-refractivity contribution in [3.8, 4) is 5.75 Å². The van der Waals surface area contributed by atoms with Gasteiger partial charge in [-0.2, -0.15) is 13.9 Å². The number of nitrogens with zero attached hydrogens (tertiary/aromatic N) is 4. The van der Waals surface area contributed by atoms with E-state index in [1.165, 1.54) is 35.0 Å². The van der Waals surface area contributed by atoms with Crippen LogP contribution in [0.4, 0.5) is 14.6 Å². The maximum Gasteiger partial charge on any atom is 0.387 e. The molecule has 0 fully saturated rings. The number of amides is 1. The second-order valence-electron chi connectivity index (χ2n) is 5.80. The highest BCUT2D eigenvalue weighted by Gasteiger charge is 2.23. The minimum atomic E-state index is -3.09. The zero-order valence-electron chi connectivity index (χ0n) is 15.5. The van der Waals surface area contributed by atoms with E-state index in [0.29, 0.717) is 0 Å². The molecule has 12 heteroatoms. The molecule has 0 bridgehead atoms. The first-order valence-electron chi connectivity index (χ1n) is 8.45. The van der Waals surface area contributed by atoms with Crippen LogP contribution in [0.2, 0.25) is 5.02 Å². The third-order valence-corrected chi connectivity index (χ3v) is 4.22. The van der Waals surface area contributed by atoms with E-state index in [2.05, 4.69) is 25.2 Å². The standard InChI is InChI=1S/C18H16ClF2N7O2/c1-2-11(14(26-23)10-8-9(19)4-5-12(10)30-18(20)21)25-17(29)13-15(22)27-28-7-3-6-24-16(13)28/h2-8,18H,23H2,1H3,(H2,22,27)(H,25,29)/b11-2+,26-14-. The molecule has 0 aliphatic heterocycles. The Labute approximate surface area is 174 Å². The zero-order valence-corrected chi connectivity index (χ0v) is 16.3. The summed E-state index contributed by atoms with van der Waals surface area (Å²) in [5.41, 5.74) is 6.26. The number of carbonyl (C=O) groups is 1. The lowest BCUT2D eigenvalue weighted by Crippen LogP contribution is -2.29. The summed E-state index contributed by atoms with van der Waals surface area (Å²) >= 11 is 5.99. The minimum Gasteiger partial charge on any atom is -0.434 e. The van der Waals surface area contributed by atoms with E-state index in [0.717, 1.165) is 0 Å². The Balaban J connectivity index is 1.98. The molecule has 2 heterocycles. The first-order valence-corrected chi connectivity index (χ1v) is 8.83. The monoisotopic (exact) mass is 435 g/mol. The van der Waals surface area contributed by atoms with Gasteiger partial charge in [-0.1, -0.05) is 17.7 Å². The summed E-state index contributed by atoms with van der Waals surface area (Å²) in [4.78, 5) is 17.0. The van der Waals surface area contributed by atoms with Crippen LogP contribution in [0.5, 0.6) is 5.75 Å². The summed E-state index contributed by atoms with van der Waals surface area (Å²) in [6, 6.07) is 5.58. The number of hydrogen-bond donors (Lipinski definition) is 3. The number of fused-ring (bicyclic) bond motifs is 1. The summed E-state index contributed by atoms with van der Waals surface area (Å²) in [5, 5.41) is 10.5. The Kier molecular flexibility index (Phi) is 6.11. The van der Waals surface area contributed by atoms with Crippen molar-refractivity contribution in [1.82, 2.24) is 19.9 Å². The first-order chi connectivity index (χ1) is 14.3. The molecule has 3 aromatic rings. The van der Waals surface area contributed by atoms with Crippen LogP contribution in [0.3, 0.4) is 0 Å². The van der Waals surface area contributed by atoms with Crippen LogP contribution in [-0.4, -0.2) is 32.8 Å². The maximum absolute atomic E-state index is 12.9. The van der Waals surface area contributed by atoms with Gasteiger partial charge >= 0.3 is 6.61 Å². The van der Waals surface area contributed by atoms with E-state index >= 15 is 0 Å². The number of nitrogens with one attached hydrogen (secondary N) is 1. The van der Waals surface area contributed by atoms with E-state index in [-0.39, 0.29) is 44.8 Å². The van der Waals surface area contributed by atoms with Crippen molar-refractivity contribution in [2.24, 2.45) is 10.9 Å². The number of carbonyl (C=O) groups excluding carboxylic acids is 1. The lowest BCUT2D eigenvalue weighted by molar-refractivity contribution is -0.0499. The van der Waals surface area contributed by atoms with Gasteiger partial charge in [0.25, 0.3) is 5.91 Å². The van der Waals surface area contributed by atoms with E-state index in [4.69, 9.17) is 23.2 Å². The number of hydrazone groups is 1. The number of nitrogen functional groups attached to an aromatic ring is 1. The molecule has 3 rings (SSSR count). The molecule has 5 N–H and O–H groups in total. The number of aromatic nitrogens is 3. The Hall–Kier alpha value is -3.73. The van der Waals surface area contributed by atoms with Crippen LogP contribution in [-0.2, 0) is 0 Å². The second kappa shape index (κ2) is 8.74. The lowest BCUT2D eigenvalue weighted by atomic mass is 10.1. The Morgan fingerprint density at radius 1 is 1.43 bits per heavy atom. The molecule has 0 aliphatic carbocycles. The largest absolute Gasteiger partial charge is 0.434 e. The van der Waals surface area contributed by atoms with Gasteiger partial charge in [0.1, 0.15) is 17.0 Å². The molecule has 1 amide bonds. The minimum absolute atomic E-state index is 0.0291. The van der Waals surface area contributed by atoms with Gasteiger partial charge in [-0.3, -0.25) is 4.79 Å². The third-order valence-electron chi connectivity index (χ3n) is 3.98. The molecule has 0 aliphatic rings. The Morgan fingerprint density at radius 2 is 2.20 bits per heavy atom. The molecule has 0 saturated carbocycles. The summed E-state index contributed by atoms with van der Waals surface area (Å²) < 4.78 is 31.5. The van der Waals surface area contributed by atoms with Gasteiger partial charge in [0.15, 0.2) is 11.5 Å². The topological polar surface area (TPSA) is 133 Å². The number of halogens is 3. The normalized spacial score (nSPS) is 12.4. The van der Waals surface area contributed by atoms with Gasteiger partial charge < -0.3 is 21.6 Å². The number of nitrogens with two attached hydrogens (primary N) is 2. The average molecular weight is 436 g/mol. The molecular weight excluding hydrogens is 420 g/mol. The number of anilines is 1. The maximum atomic E-state index is 12.9. The number of allylic oxidation sites excluding steroid dienone is 2. The van der Waals surface area contributed by atoms with Gasteiger partial charge in [0.05, 0.1) is 5.70 Å². The number of benzene rings is 1. The van der Waals surface area contributed by atoms with E-state index in [1.54, 1.807) is 19.2 Å². The number of ether oxygens (including phenoxy) is 1. The van der Waals surface area contributed by atoms with Gasteiger partial charge in [-0.05, 0) is 31.2 Å². The van der Waals surface area contributed by atoms with E-state index in [9.17, 15) is 13.6 Å². The predicted molar refractivity (Wildman–Crippen MR) is 107 cm³/mol. The molecule has 156 valence electrons. The van der Waals surface area contributed by atoms with Crippen molar-refractivity contribution < 1.29 is 18.3 Å². The molecule has 0 saturated heterocycles. The van der Waals surface area contributed by atoms with Crippen LogP contribution in [0.1, 0.15) is 22.8 Å². The van der Waals surface area contributed by atoms with Crippen molar-refractivity contribution in [2.75, 3.05) is 5.73 Å². The third kappa shape index (κ3) is 4.15. The molecule has 30 heavy (non-hydrogen) atoms. The van der Waals surface area contributed by atoms with Crippen LogP contribution in [0, 0.1) is 0 Å². The number of rotatable bonds is 6. The van der Waals surface area contributed by atoms with Gasteiger partial charge in [-0.25, -0.2) is 9.50 Å². The van der Waals surface area contributed by atoms with Gasteiger partial charge in [0.2, 0.25) is 0 Å². The lowest BCUT2D eigenvalue weighted by Gasteiger charge is -2.16. The molecule has 1 aromatic carbocycles. The van der Waals surface area contributed by atoms with Crippen LogP contribution < -0.4 is 21.6 Å². The predicted octanol–water partition coefficient (Wildman–Crippen LogP) is 2.56. The highest BCUT2D eigenvalue weighted by molar-refractivity contribution is 6.31. The van der Waals surface area contributed by atoms with Crippen molar-refractivity contribution in [2.45, 2.75) is 13.5 Å². The molecule has 9 nitrogen and oxygen atoms in total. The fourth-order valence-corrected chi connectivity index (χ4v) is 2.92. The molecule has 0 atom stereocenters. The average Bonchev–Trinajstić information content (AvgIpc) is 3.05. The number of hydrogen-bond acceptors (Lipinski definition) is 7. The SMILES string of the molecule is C/C=C(NC(=O)c1c(N)nn2cccnc12)\C(=N/N)c1cc(Cl)ccc1OC(F)F. The molecule has 0 radical (unpaired) electrons. The first kappa shape index (κ1) is 21.0. The second-order valence-corrected chi connectivity index (χ2v) is 6.24. The van der Waals surface area contributed by atoms with Gasteiger partial charge in [-0.15, -0.1) is 5.10 Å². The van der Waals surface area contributed by atoms with Crippen LogP contribution >= 0.6 is 11.6 Å². The van der Waals surface area contributed by atoms with Crippen molar-refractivity contribution in [3.05, 3.63) is 64.6 Å². The Bertz CT molecular complexity index is 1160. The fourth-order valence-electron chi connectivity index (χ4n) is 2.74. The van der Waals surface area contributed by atoms with Crippen molar-refractivity contribution >= 4 is 34.7 Å². The van der Waals surface area contributed by atoms with E-state index in [1.807, 2.05) is 0 Å². The zero-order chi connectivity index (χ0) is 21.8. The van der Waals surface area contributed by atoms with Crippen LogP contribution in [0.15, 0.2) is 53.5 Å². The van der Waals surface area contributed by atoms with Crippen molar-refractivity contribution in [1.29, 1.82) is 0 Å². The summed E-state index contributed by atoms with van der Waals surface area (Å²) in [6.45, 7) is -1.49. The van der Waals surface area contributed by atoms with Crippen molar-refractivity contribution in [3.63, 3.8) is 0 Å². The van der Waals surface area contributed by atoms with Crippen LogP contribution in [0.25, 0.3) is 5.65 Å². The van der Waals surface area contributed by atoms with E-state index < -0.39 is 12.5 Å². The highest BCUT2D eigenvalue weighted by Crippen LogP contribution is 2.27. The quantitative estimate of drug-likeness (QED) is 0.309. The molecule has 2 aromatic heterocycles. The molecule has 0 unspecified atom stereocenters. The smallest absolute Gasteiger partial charge is 0.387 e. The number of alkyl halides is 2. The molecule has 0 spiro atoms. The summed E-state index contributed by atoms with van der Waals surface area (Å²) in [5.74, 6) is 4.60. The summed E-state index contributed by atoms with van der Waals surface area (Å²) in [7, 11) is 0. The Morgan fingerprint density at radius 3 is 2.87 bits per heavy atom. The van der Waals surface area contributed by atoms with Gasteiger partial charge in [0, 0.05) is 23.0 Å².